The van der Waals surface area contributed by atoms with Crippen LogP contribution >= 0.6 is 0 Å². The highest BCUT2D eigenvalue weighted by Gasteiger charge is 2.12. The van der Waals surface area contributed by atoms with Gasteiger partial charge in [-0.05, 0) is 61.9 Å². The summed E-state index contributed by atoms with van der Waals surface area (Å²) in [5, 5.41) is 2.66. The first-order valence-corrected chi connectivity index (χ1v) is 8.57. The second kappa shape index (κ2) is 8.22. The molecule has 2 aromatic carbocycles. The number of amides is 3. The minimum Gasteiger partial charge on any atom is -0.459 e. The normalized spacial score (nSPS) is 10.2. The minimum absolute atomic E-state index is 0.191. The van der Waals surface area contributed by atoms with E-state index < -0.39 is 11.8 Å². The fourth-order valence-corrected chi connectivity index (χ4v) is 2.63. The van der Waals surface area contributed by atoms with Crippen molar-refractivity contribution in [3.8, 4) is 0 Å². The molecule has 0 unspecified atom stereocenters. The predicted molar refractivity (Wildman–Crippen MR) is 104 cm³/mol. The number of hydrazine groups is 1. The van der Waals surface area contributed by atoms with Gasteiger partial charge in [-0.2, -0.15) is 0 Å². The summed E-state index contributed by atoms with van der Waals surface area (Å²) in [5.74, 6) is -1.06. The highest BCUT2D eigenvalue weighted by Crippen LogP contribution is 2.12. The second-order valence-corrected chi connectivity index (χ2v) is 6.24. The molecule has 142 valence electrons. The topological polar surface area (TPSA) is 100 Å². The molecule has 0 aliphatic heterocycles. The van der Waals surface area contributed by atoms with E-state index in [2.05, 4.69) is 16.2 Å². The van der Waals surface area contributed by atoms with Gasteiger partial charge in [0.25, 0.3) is 17.7 Å². The van der Waals surface area contributed by atoms with E-state index >= 15 is 0 Å². The molecule has 7 heteroatoms. The molecule has 7 nitrogen and oxygen atoms in total. The Bertz CT molecular complexity index is 1010. The lowest BCUT2D eigenvalue weighted by atomic mass is 10.1. The van der Waals surface area contributed by atoms with Crippen LogP contribution in [-0.4, -0.2) is 17.7 Å². The fourth-order valence-electron chi connectivity index (χ4n) is 2.63. The molecule has 28 heavy (non-hydrogen) atoms. The Morgan fingerprint density at radius 1 is 0.821 bits per heavy atom. The zero-order chi connectivity index (χ0) is 20.1. The molecule has 0 aliphatic carbocycles. The van der Waals surface area contributed by atoms with Crippen LogP contribution in [0.1, 0.15) is 42.4 Å². The van der Waals surface area contributed by atoms with Crippen LogP contribution in [0.3, 0.4) is 0 Å². The smallest absolute Gasteiger partial charge is 0.291 e. The summed E-state index contributed by atoms with van der Waals surface area (Å²) < 4.78 is 5.02. The molecule has 3 N–H and O–H groups in total. The number of anilines is 1. The van der Waals surface area contributed by atoms with E-state index in [1.54, 1.807) is 30.3 Å². The highest BCUT2D eigenvalue weighted by atomic mass is 16.3. The lowest BCUT2D eigenvalue weighted by Crippen LogP contribution is -2.41. The Hall–Kier alpha value is -3.87. The van der Waals surface area contributed by atoms with Gasteiger partial charge in [-0.15, -0.1) is 0 Å². The third-order valence-corrected chi connectivity index (χ3v) is 4.07. The summed E-state index contributed by atoms with van der Waals surface area (Å²) in [6.45, 7) is 3.77. The maximum atomic E-state index is 12.2. The number of carbonyl (C=O) groups excluding carboxylic acids is 3. The van der Waals surface area contributed by atoms with Gasteiger partial charge < -0.3 is 9.73 Å². The number of rotatable bonds is 4. The van der Waals surface area contributed by atoms with Gasteiger partial charge in [-0.3, -0.25) is 25.2 Å². The molecule has 3 rings (SSSR count). The lowest BCUT2D eigenvalue weighted by Gasteiger charge is -2.10. The van der Waals surface area contributed by atoms with E-state index in [-0.39, 0.29) is 11.7 Å². The van der Waals surface area contributed by atoms with Crippen LogP contribution in [0.25, 0.3) is 0 Å². The molecular weight excluding hydrogens is 358 g/mol. The third-order valence-electron chi connectivity index (χ3n) is 4.07. The third kappa shape index (κ3) is 4.45. The van der Waals surface area contributed by atoms with Crippen molar-refractivity contribution in [3.63, 3.8) is 0 Å². The minimum atomic E-state index is -0.470. The summed E-state index contributed by atoms with van der Waals surface area (Å²) in [7, 11) is 0. The summed E-state index contributed by atoms with van der Waals surface area (Å²) in [5.41, 5.74) is 7.99. The molecule has 1 heterocycles. The average molecular weight is 377 g/mol. The molecule has 3 amide bonds. The zero-order valence-electron chi connectivity index (χ0n) is 15.4. The molecule has 0 fully saturated rings. The van der Waals surface area contributed by atoms with Crippen molar-refractivity contribution in [3.05, 3.63) is 88.9 Å². The fraction of sp³-hybridized carbons (Fsp3) is 0.0952. The summed E-state index contributed by atoms with van der Waals surface area (Å²) in [6, 6.07) is 14.9. The van der Waals surface area contributed by atoms with E-state index in [9.17, 15) is 14.4 Å². The number of nitrogens with one attached hydrogen (secondary N) is 3. The molecule has 0 saturated carbocycles. The van der Waals surface area contributed by atoms with Crippen molar-refractivity contribution in [2.24, 2.45) is 0 Å². The quantitative estimate of drug-likeness (QED) is 0.608. The molecule has 0 atom stereocenters. The number of aryl methyl sites for hydroxylation is 2. The Morgan fingerprint density at radius 2 is 1.54 bits per heavy atom. The van der Waals surface area contributed by atoms with Crippen LogP contribution in [0.5, 0.6) is 0 Å². The lowest BCUT2D eigenvalue weighted by molar-refractivity contribution is 0.0846. The molecule has 0 spiro atoms. The van der Waals surface area contributed by atoms with E-state index in [0.717, 1.165) is 11.1 Å². The molecule has 3 aromatic rings. The standard InChI is InChI=1S/C21H19N3O4/c1-13-5-10-17(14(2)12-13)20(26)24-23-19(25)15-6-8-16(9-7-15)22-21(27)18-4-3-11-28-18/h3-12H,1-2H3,(H,22,27)(H,23,25)(H,24,26). The van der Waals surface area contributed by atoms with Crippen LogP contribution in [0, 0.1) is 13.8 Å². The van der Waals surface area contributed by atoms with Gasteiger partial charge in [0, 0.05) is 16.8 Å². The number of carbonyl (C=O) groups is 3. The van der Waals surface area contributed by atoms with E-state index in [0.29, 0.717) is 16.8 Å². The van der Waals surface area contributed by atoms with Gasteiger partial charge >= 0.3 is 0 Å². The number of hydrogen-bond donors (Lipinski definition) is 3. The molecule has 0 saturated heterocycles. The van der Waals surface area contributed by atoms with Crippen molar-refractivity contribution in [2.75, 3.05) is 5.32 Å². The number of hydrogen-bond acceptors (Lipinski definition) is 4. The summed E-state index contributed by atoms with van der Waals surface area (Å²) >= 11 is 0. The van der Waals surface area contributed by atoms with Crippen LogP contribution in [0.2, 0.25) is 0 Å². The largest absolute Gasteiger partial charge is 0.459 e. The van der Waals surface area contributed by atoms with Crippen molar-refractivity contribution in [1.29, 1.82) is 0 Å². The van der Waals surface area contributed by atoms with Gasteiger partial charge in [0.05, 0.1) is 6.26 Å². The van der Waals surface area contributed by atoms with Crippen LogP contribution < -0.4 is 16.2 Å². The summed E-state index contributed by atoms with van der Waals surface area (Å²) in [6.07, 6.45) is 1.41. The van der Waals surface area contributed by atoms with Gasteiger partial charge in [0.2, 0.25) is 0 Å². The van der Waals surface area contributed by atoms with Gasteiger partial charge in [-0.1, -0.05) is 17.7 Å². The van der Waals surface area contributed by atoms with Crippen molar-refractivity contribution in [1.82, 2.24) is 10.9 Å². The predicted octanol–water partition coefficient (Wildman–Crippen LogP) is 3.22. The van der Waals surface area contributed by atoms with Gasteiger partial charge in [-0.25, -0.2) is 0 Å². The molecule has 0 radical (unpaired) electrons. The van der Waals surface area contributed by atoms with E-state index in [4.69, 9.17) is 4.42 Å². The average Bonchev–Trinajstić information content (AvgIpc) is 3.21. The Balaban J connectivity index is 1.57. The first kappa shape index (κ1) is 18.9. The van der Waals surface area contributed by atoms with Crippen molar-refractivity contribution < 1.29 is 18.8 Å². The molecule has 0 bridgehead atoms. The Kier molecular flexibility index (Phi) is 5.55. The van der Waals surface area contributed by atoms with Gasteiger partial charge in [0.1, 0.15) is 0 Å². The highest BCUT2D eigenvalue weighted by molar-refractivity contribution is 6.03. The van der Waals surface area contributed by atoms with Gasteiger partial charge in [0.15, 0.2) is 5.76 Å². The Morgan fingerprint density at radius 3 is 2.18 bits per heavy atom. The van der Waals surface area contributed by atoms with Crippen LogP contribution in [0.15, 0.2) is 65.3 Å². The van der Waals surface area contributed by atoms with Crippen molar-refractivity contribution >= 4 is 23.4 Å². The number of benzene rings is 2. The monoisotopic (exact) mass is 377 g/mol. The summed E-state index contributed by atoms with van der Waals surface area (Å²) in [4.78, 5) is 36.4. The number of furan rings is 1. The molecule has 1 aromatic heterocycles. The first-order chi connectivity index (χ1) is 13.4. The van der Waals surface area contributed by atoms with Crippen LogP contribution in [0.4, 0.5) is 5.69 Å². The second-order valence-electron chi connectivity index (χ2n) is 6.24. The molecular formula is C21H19N3O4. The first-order valence-electron chi connectivity index (χ1n) is 8.57. The SMILES string of the molecule is Cc1ccc(C(=O)NNC(=O)c2ccc(NC(=O)c3ccco3)cc2)c(C)c1. The maximum absolute atomic E-state index is 12.2. The van der Waals surface area contributed by atoms with Crippen LogP contribution in [-0.2, 0) is 0 Å². The maximum Gasteiger partial charge on any atom is 0.291 e. The van der Waals surface area contributed by atoms with E-state index in [1.807, 2.05) is 26.0 Å². The van der Waals surface area contributed by atoms with Crippen molar-refractivity contribution in [2.45, 2.75) is 13.8 Å². The molecule has 0 aliphatic rings. The zero-order valence-corrected chi connectivity index (χ0v) is 15.4. The Labute approximate surface area is 161 Å². The van der Waals surface area contributed by atoms with E-state index in [1.165, 1.54) is 18.4 Å².